The Bertz CT molecular complexity index is 372. The maximum Gasteiger partial charge on any atom is 0.260 e. The summed E-state index contributed by atoms with van der Waals surface area (Å²) in [5.74, 6) is -2.60. The molecule has 4 heteroatoms. The molecule has 1 aliphatic carbocycles. The second kappa shape index (κ2) is 2.76. The van der Waals surface area contributed by atoms with Crippen LogP contribution in [0, 0.1) is 13.8 Å². The molecule has 14 heavy (non-hydrogen) atoms. The molecule has 0 saturated heterocycles. The van der Waals surface area contributed by atoms with Crippen LogP contribution in [-0.4, -0.2) is 12.5 Å². The largest absolute Gasteiger partial charge is 0.329 e. The average Bonchev–Trinajstić information content (AvgIpc) is 2.48. The molecule has 1 aromatic heterocycles. The predicted molar refractivity (Wildman–Crippen MR) is 54.1 cm³/mol. The number of halogens is 2. The van der Waals surface area contributed by atoms with Crippen molar-refractivity contribution in [1.82, 2.24) is 0 Å². The first-order chi connectivity index (χ1) is 6.43. The van der Waals surface area contributed by atoms with Gasteiger partial charge in [-0.2, -0.15) is 0 Å². The fourth-order valence-electron chi connectivity index (χ4n) is 2.06. The first kappa shape index (κ1) is 10.1. The second-order valence-corrected chi connectivity index (χ2v) is 5.45. The van der Waals surface area contributed by atoms with E-state index in [1.54, 1.807) is 11.3 Å². The molecule has 1 saturated carbocycles. The van der Waals surface area contributed by atoms with E-state index in [0.717, 1.165) is 15.3 Å². The van der Waals surface area contributed by atoms with Crippen LogP contribution in [-0.2, 0) is 5.41 Å². The predicted octanol–water partition coefficient (Wildman–Crippen LogP) is 2.60. The first-order valence-corrected chi connectivity index (χ1v) is 5.40. The molecule has 1 fully saturated rings. The summed E-state index contributed by atoms with van der Waals surface area (Å²) < 4.78 is 26.5. The molecule has 0 amide bonds. The van der Waals surface area contributed by atoms with Crippen LogP contribution in [0.2, 0.25) is 0 Å². The zero-order chi connectivity index (χ0) is 10.6. The van der Waals surface area contributed by atoms with Crippen molar-refractivity contribution in [2.75, 3.05) is 6.54 Å². The highest BCUT2D eigenvalue weighted by Crippen LogP contribution is 2.62. The van der Waals surface area contributed by atoms with Crippen molar-refractivity contribution in [3.63, 3.8) is 0 Å². The topological polar surface area (TPSA) is 26.0 Å². The molecule has 0 bridgehead atoms. The molecule has 0 aromatic carbocycles. The van der Waals surface area contributed by atoms with Crippen molar-refractivity contribution >= 4 is 11.3 Å². The third-order valence-electron chi connectivity index (χ3n) is 3.00. The maximum absolute atomic E-state index is 13.3. The minimum absolute atomic E-state index is 0.0387. The highest BCUT2D eigenvalue weighted by atomic mass is 32.1. The number of hydrogen-bond acceptors (Lipinski definition) is 2. The highest BCUT2D eigenvalue weighted by molar-refractivity contribution is 7.12. The molecular weight excluding hydrogens is 204 g/mol. The summed E-state index contributed by atoms with van der Waals surface area (Å²) in [6.45, 7) is 3.86. The fourth-order valence-corrected chi connectivity index (χ4v) is 3.09. The van der Waals surface area contributed by atoms with Gasteiger partial charge in [-0.1, -0.05) is 0 Å². The van der Waals surface area contributed by atoms with Gasteiger partial charge in [0.25, 0.3) is 5.92 Å². The van der Waals surface area contributed by atoms with Crippen molar-refractivity contribution < 1.29 is 8.78 Å². The van der Waals surface area contributed by atoms with Gasteiger partial charge in [-0.25, -0.2) is 8.78 Å². The van der Waals surface area contributed by atoms with Crippen molar-refractivity contribution in [3.8, 4) is 0 Å². The van der Waals surface area contributed by atoms with Gasteiger partial charge in [0.15, 0.2) is 0 Å². The summed E-state index contributed by atoms with van der Waals surface area (Å²) in [7, 11) is 0. The minimum atomic E-state index is -2.60. The van der Waals surface area contributed by atoms with Gasteiger partial charge in [0, 0.05) is 22.7 Å². The van der Waals surface area contributed by atoms with E-state index in [4.69, 9.17) is 5.73 Å². The van der Waals surface area contributed by atoms with E-state index in [-0.39, 0.29) is 13.0 Å². The van der Waals surface area contributed by atoms with Gasteiger partial charge < -0.3 is 5.73 Å². The molecule has 1 aromatic rings. The molecule has 0 radical (unpaired) electrons. The monoisotopic (exact) mass is 217 g/mol. The van der Waals surface area contributed by atoms with E-state index >= 15 is 0 Å². The van der Waals surface area contributed by atoms with Gasteiger partial charge in [-0.05, 0) is 25.5 Å². The number of hydrogen-bond donors (Lipinski definition) is 1. The van der Waals surface area contributed by atoms with Crippen molar-refractivity contribution in [2.24, 2.45) is 5.73 Å². The molecule has 2 N–H and O–H groups in total. The Morgan fingerprint density at radius 1 is 1.50 bits per heavy atom. The third kappa shape index (κ3) is 1.13. The van der Waals surface area contributed by atoms with Crippen LogP contribution in [0.5, 0.6) is 0 Å². The van der Waals surface area contributed by atoms with E-state index in [9.17, 15) is 8.78 Å². The summed E-state index contributed by atoms with van der Waals surface area (Å²) in [6.07, 6.45) is -0.0898. The maximum atomic E-state index is 13.3. The molecule has 1 atom stereocenters. The van der Waals surface area contributed by atoms with Crippen LogP contribution >= 0.6 is 11.3 Å². The quantitative estimate of drug-likeness (QED) is 0.809. The molecule has 78 valence electrons. The van der Waals surface area contributed by atoms with Gasteiger partial charge in [-0.3, -0.25) is 0 Å². The molecule has 2 rings (SSSR count). The smallest absolute Gasteiger partial charge is 0.260 e. The summed E-state index contributed by atoms with van der Waals surface area (Å²) in [5.41, 5.74) is 5.18. The lowest BCUT2D eigenvalue weighted by Gasteiger charge is -2.13. The fraction of sp³-hybridized carbons (Fsp3) is 0.600. The molecule has 1 unspecified atom stereocenters. The van der Waals surface area contributed by atoms with Gasteiger partial charge in [0.2, 0.25) is 0 Å². The molecule has 0 spiro atoms. The Hall–Kier alpha value is -0.480. The molecule has 1 heterocycles. The highest BCUT2D eigenvalue weighted by Gasteiger charge is 2.71. The van der Waals surface area contributed by atoms with Gasteiger partial charge in [0.05, 0.1) is 5.41 Å². The Labute approximate surface area is 85.9 Å². The van der Waals surface area contributed by atoms with Crippen LogP contribution in [0.15, 0.2) is 6.07 Å². The van der Waals surface area contributed by atoms with E-state index in [2.05, 4.69) is 0 Å². The molecule has 0 aliphatic heterocycles. The number of aryl methyl sites for hydroxylation is 2. The number of alkyl halides is 2. The number of nitrogens with two attached hydrogens (primary N) is 1. The normalized spacial score (nSPS) is 29.2. The third-order valence-corrected chi connectivity index (χ3v) is 3.97. The lowest BCUT2D eigenvalue weighted by atomic mass is 9.96. The van der Waals surface area contributed by atoms with Crippen molar-refractivity contribution in [3.05, 3.63) is 21.4 Å². The van der Waals surface area contributed by atoms with Crippen LogP contribution in [0.1, 0.15) is 21.7 Å². The lowest BCUT2D eigenvalue weighted by molar-refractivity contribution is 0.0896. The zero-order valence-corrected chi connectivity index (χ0v) is 9.05. The van der Waals surface area contributed by atoms with Gasteiger partial charge >= 0.3 is 0 Å². The standard InChI is InChI=1S/C10H13F2NS/c1-6-3-8(7(2)14-6)9(5-13)4-10(9,11)12/h3H,4-5,13H2,1-2H3. The van der Waals surface area contributed by atoms with E-state index < -0.39 is 11.3 Å². The Morgan fingerprint density at radius 2 is 2.07 bits per heavy atom. The second-order valence-electron chi connectivity index (χ2n) is 3.99. The van der Waals surface area contributed by atoms with Crippen LogP contribution in [0.4, 0.5) is 8.78 Å². The van der Waals surface area contributed by atoms with E-state index in [1.165, 1.54) is 0 Å². The van der Waals surface area contributed by atoms with Crippen molar-refractivity contribution in [1.29, 1.82) is 0 Å². The van der Waals surface area contributed by atoms with Crippen LogP contribution < -0.4 is 5.73 Å². The Balaban J connectivity index is 2.45. The molecule has 1 nitrogen and oxygen atoms in total. The van der Waals surface area contributed by atoms with Crippen molar-refractivity contribution in [2.45, 2.75) is 31.6 Å². The summed E-state index contributed by atoms with van der Waals surface area (Å²) in [5, 5.41) is 0. The van der Waals surface area contributed by atoms with Gasteiger partial charge in [-0.15, -0.1) is 11.3 Å². The zero-order valence-electron chi connectivity index (χ0n) is 8.23. The summed E-state index contributed by atoms with van der Waals surface area (Å²) in [4.78, 5) is 2.05. The SMILES string of the molecule is Cc1cc(C2(CN)CC2(F)F)c(C)s1. The average molecular weight is 217 g/mol. The summed E-state index contributed by atoms with van der Waals surface area (Å²) in [6, 6.07) is 1.85. The first-order valence-electron chi connectivity index (χ1n) is 4.58. The van der Waals surface area contributed by atoms with E-state index in [0.29, 0.717) is 0 Å². The number of thiophene rings is 1. The molecular formula is C10H13F2NS. The summed E-state index contributed by atoms with van der Waals surface area (Å²) >= 11 is 1.56. The van der Waals surface area contributed by atoms with Crippen LogP contribution in [0.25, 0.3) is 0 Å². The minimum Gasteiger partial charge on any atom is -0.329 e. The Morgan fingerprint density at radius 3 is 2.36 bits per heavy atom. The lowest BCUT2D eigenvalue weighted by Crippen LogP contribution is -2.26. The Kier molecular flexibility index (Phi) is 1.98. The molecule has 1 aliphatic rings. The number of rotatable bonds is 2. The van der Waals surface area contributed by atoms with Gasteiger partial charge in [0.1, 0.15) is 0 Å². The van der Waals surface area contributed by atoms with E-state index in [1.807, 2.05) is 19.9 Å². The van der Waals surface area contributed by atoms with Crippen LogP contribution in [0.3, 0.4) is 0 Å².